The van der Waals surface area contributed by atoms with E-state index in [0.717, 1.165) is 17.2 Å². The largest absolute Gasteiger partial charge is 0.493 e. The van der Waals surface area contributed by atoms with Crippen LogP contribution in [0.2, 0.25) is 0 Å². The maximum absolute atomic E-state index is 14.3. The van der Waals surface area contributed by atoms with E-state index in [1.54, 1.807) is 13.8 Å². The molecule has 0 aromatic heterocycles. The van der Waals surface area contributed by atoms with Crippen molar-refractivity contribution in [1.29, 1.82) is 0 Å². The maximum atomic E-state index is 14.3. The highest BCUT2D eigenvalue weighted by Crippen LogP contribution is 2.34. The second kappa shape index (κ2) is 6.92. The van der Waals surface area contributed by atoms with Crippen molar-refractivity contribution in [3.63, 3.8) is 0 Å². The molecule has 1 N–H and O–H groups in total. The van der Waals surface area contributed by atoms with E-state index in [1.165, 1.54) is 20.3 Å². The van der Waals surface area contributed by atoms with Crippen LogP contribution in [0.1, 0.15) is 22.3 Å². The number of benzene rings is 2. The molecule has 0 saturated carbocycles. The number of nitrogens with one attached hydrogen (secondary N) is 1. The van der Waals surface area contributed by atoms with Crippen molar-refractivity contribution in [3.05, 3.63) is 46.3 Å². The van der Waals surface area contributed by atoms with Gasteiger partial charge in [0.05, 0.1) is 24.8 Å². The molecule has 0 heterocycles. The average Bonchev–Trinajstić information content (AvgIpc) is 2.54. The van der Waals surface area contributed by atoms with Crippen molar-refractivity contribution >= 4 is 15.7 Å². The van der Waals surface area contributed by atoms with Crippen LogP contribution in [0.4, 0.5) is 10.1 Å². The lowest BCUT2D eigenvalue weighted by atomic mass is 10.0. The van der Waals surface area contributed by atoms with E-state index >= 15 is 0 Å². The predicted octanol–water partition coefficient (Wildman–Crippen LogP) is 3.88. The first-order valence-electron chi connectivity index (χ1n) is 7.64. The quantitative estimate of drug-likeness (QED) is 0.871. The molecule has 2 rings (SSSR count). The lowest BCUT2D eigenvalue weighted by Crippen LogP contribution is -2.18. The number of sulfonamides is 1. The van der Waals surface area contributed by atoms with Gasteiger partial charge in [-0.25, -0.2) is 12.8 Å². The summed E-state index contributed by atoms with van der Waals surface area (Å²) in [4.78, 5) is 0.166. The maximum Gasteiger partial charge on any atom is 0.262 e. The molecule has 7 heteroatoms. The first-order chi connectivity index (χ1) is 11.6. The van der Waals surface area contributed by atoms with E-state index in [9.17, 15) is 12.8 Å². The monoisotopic (exact) mass is 367 g/mol. The summed E-state index contributed by atoms with van der Waals surface area (Å²) < 4.78 is 52.6. The number of hydrogen-bond acceptors (Lipinski definition) is 4. The van der Waals surface area contributed by atoms with Crippen LogP contribution >= 0.6 is 0 Å². The Morgan fingerprint density at radius 3 is 1.84 bits per heavy atom. The lowest BCUT2D eigenvalue weighted by molar-refractivity contribution is 0.353. The molecule has 2 aromatic rings. The summed E-state index contributed by atoms with van der Waals surface area (Å²) >= 11 is 0. The normalized spacial score (nSPS) is 11.3. The number of anilines is 1. The third kappa shape index (κ3) is 3.56. The predicted molar refractivity (Wildman–Crippen MR) is 95.7 cm³/mol. The SMILES string of the molecule is COc1cc(F)c(NS(=O)(=O)c2c(C)c(C)cc(C)c2C)cc1OC. The van der Waals surface area contributed by atoms with E-state index in [-0.39, 0.29) is 22.1 Å². The van der Waals surface area contributed by atoms with Crippen molar-refractivity contribution in [3.8, 4) is 11.5 Å². The molecule has 0 spiro atoms. The zero-order chi connectivity index (χ0) is 18.9. The first-order valence-corrected chi connectivity index (χ1v) is 9.12. The van der Waals surface area contributed by atoms with Gasteiger partial charge in [-0.1, -0.05) is 6.07 Å². The Kier molecular flexibility index (Phi) is 5.27. The molecule has 25 heavy (non-hydrogen) atoms. The van der Waals surface area contributed by atoms with Crippen LogP contribution in [0.3, 0.4) is 0 Å². The molecule has 0 amide bonds. The summed E-state index contributed by atoms with van der Waals surface area (Å²) in [6.07, 6.45) is 0. The second-order valence-corrected chi connectivity index (χ2v) is 7.50. The Morgan fingerprint density at radius 1 is 0.880 bits per heavy atom. The summed E-state index contributed by atoms with van der Waals surface area (Å²) in [5.41, 5.74) is 2.79. The molecule has 0 saturated heterocycles. The van der Waals surface area contributed by atoms with E-state index in [0.29, 0.717) is 11.1 Å². The van der Waals surface area contributed by atoms with Gasteiger partial charge in [0.2, 0.25) is 0 Å². The second-order valence-electron chi connectivity index (χ2n) is 5.88. The fraction of sp³-hybridized carbons (Fsp3) is 0.333. The Hall–Kier alpha value is -2.28. The Bertz CT molecular complexity index is 897. The highest BCUT2D eigenvalue weighted by molar-refractivity contribution is 7.92. The third-order valence-corrected chi connectivity index (χ3v) is 5.92. The van der Waals surface area contributed by atoms with Crippen LogP contribution in [0, 0.1) is 33.5 Å². The van der Waals surface area contributed by atoms with Crippen molar-refractivity contribution < 1.29 is 22.3 Å². The highest BCUT2D eigenvalue weighted by atomic mass is 32.2. The molecule has 0 radical (unpaired) electrons. The van der Waals surface area contributed by atoms with Gasteiger partial charge in [-0.3, -0.25) is 4.72 Å². The topological polar surface area (TPSA) is 64.6 Å². The average molecular weight is 367 g/mol. The van der Waals surface area contributed by atoms with Gasteiger partial charge in [0.15, 0.2) is 17.3 Å². The summed E-state index contributed by atoms with van der Waals surface area (Å²) in [6, 6.07) is 4.28. The molecule has 0 fully saturated rings. The summed E-state index contributed by atoms with van der Waals surface area (Å²) in [6.45, 7) is 7.16. The Balaban J connectivity index is 2.58. The van der Waals surface area contributed by atoms with Crippen LogP contribution in [0.25, 0.3) is 0 Å². The molecule has 2 aromatic carbocycles. The van der Waals surface area contributed by atoms with Gasteiger partial charge in [0.1, 0.15) is 0 Å². The number of methoxy groups -OCH3 is 2. The van der Waals surface area contributed by atoms with Gasteiger partial charge in [0.25, 0.3) is 10.0 Å². The minimum Gasteiger partial charge on any atom is -0.493 e. The molecule has 136 valence electrons. The number of rotatable bonds is 5. The fourth-order valence-electron chi connectivity index (χ4n) is 2.71. The molecule has 0 unspecified atom stereocenters. The summed E-state index contributed by atoms with van der Waals surface area (Å²) in [5, 5.41) is 0. The van der Waals surface area contributed by atoms with E-state index in [1.807, 2.05) is 19.9 Å². The van der Waals surface area contributed by atoms with E-state index in [4.69, 9.17) is 9.47 Å². The minimum atomic E-state index is -3.97. The van der Waals surface area contributed by atoms with E-state index < -0.39 is 15.8 Å². The molecule has 0 bridgehead atoms. The Labute approximate surface area is 147 Å². The molecular weight excluding hydrogens is 345 g/mol. The van der Waals surface area contributed by atoms with Gasteiger partial charge in [-0.05, 0) is 49.9 Å². The van der Waals surface area contributed by atoms with Gasteiger partial charge >= 0.3 is 0 Å². The van der Waals surface area contributed by atoms with Gasteiger partial charge in [-0.2, -0.15) is 0 Å². The van der Waals surface area contributed by atoms with Crippen LogP contribution in [-0.2, 0) is 10.0 Å². The fourth-order valence-corrected chi connectivity index (χ4v) is 4.39. The molecule has 0 aliphatic rings. The van der Waals surface area contributed by atoms with Gasteiger partial charge < -0.3 is 9.47 Å². The first kappa shape index (κ1) is 19.1. The molecule has 0 aliphatic carbocycles. The summed E-state index contributed by atoms with van der Waals surface area (Å²) in [5.74, 6) is -0.335. The third-order valence-electron chi connectivity index (χ3n) is 4.28. The lowest BCUT2D eigenvalue weighted by Gasteiger charge is -2.18. The van der Waals surface area contributed by atoms with Crippen molar-refractivity contribution in [1.82, 2.24) is 0 Å². The van der Waals surface area contributed by atoms with Crippen LogP contribution < -0.4 is 14.2 Å². The highest BCUT2D eigenvalue weighted by Gasteiger charge is 2.24. The van der Waals surface area contributed by atoms with E-state index in [2.05, 4.69) is 4.72 Å². The number of ether oxygens (including phenoxy) is 2. The molecule has 5 nitrogen and oxygen atoms in total. The minimum absolute atomic E-state index is 0.166. The van der Waals surface area contributed by atoms with Crippen LogP contribution in [0.5, 0.6) is 11.5 Å². The molecular formula is C18H22FNO4S. The standard InChI is InChI=1S/C18H22FNO4S/c1-10-7-11(2)13(4)18(12(10)3)25(21,22)20-15-9-17(24-6)16(23-5)8-14(15)19/h7-9,20H,1-6H3. The van der Waals surface area contributed by atoms with Crippen molar-refractivity contribution in [2.45, 2.75) is 32.6 Å². The number of halogens is 1. The summed E-state index contributed by atoms with van der Waals surface area (Å²) in [7, 11) is -1.20. The zero-order valence-corrected chi connectivity index (χ0v) is 16.0. The van der Waals surface area contributed by atoms with Gasteiger partial charge in [0, 0.05) is 12.1 Å². The van der Waals surface area contributed by atoms with Gasteiger partial charge in [-0.15, -0.1) is 0 Å². The Morgan fingerprint density at radius 2 is 1.36 bits per heavy atom. The van der Waals surface area contributed by atoms with Crippen molar-refractivity contribution in [2.75, 3.05) is 18.9 Å². The zero-order valence-electron chi connectivity index (χ0n) is 15.2. The smallest absolute Gasteiger partial charge is 0.262 e. The molecule has 0 atom stereocenters. The number of aryl methyl sites for hydroxylation is 2. The van der Waals surface area contributed by atoms with Crippen molar-refractivity contribution in [2.24, 2.45) is 0 Å². The van der Waals surface area contributed by atoms with Crippen LogP contribution in [-0.4, -0.2) is 22.6 Å². The molecule has 0 aliphatic heterocycles. The number of hydrogen-bond donors (Lipinski definition) is 1. The van der Waals surface area contributed by atoms with Crippen LogP contribution in [0.15, 0.2) is 23.1 Å².